The lowest BCUT2D eigenvalue weighted by atomic mass is 10.0. The minimum atomic E-state index is 0.698. The van der Waals surface area contributed by atoms with E-state index in [-0.39, 0.29) is 0 Å². The molecule has 0 aromatic carbocycles. The van der Waals surface area contributed by atoms with Crippen LogP contribution in [0.5, 0.6) is 0 Å². The molecule has 1 aliphatic heterocycles. The van der Waals surface area contributed by atoms with Crippen LogP contribution in [-0.4, -0.2) is 13.2 Å². The van der Waals surface area contributed by atoms with Crippen molar-refractivity contribution in [2.45, 2.75) is 13.3 Å². The van der Waals surface area contributed by atoms with Crippen molar-refractivity contribution < 1.29 is 4.74 Å². The summed E-state index contributed by atoms with van der Waals surface area (Å²) in [6.45, 7) is 7.47. The first kappa shape index (κ1) is 8.28. The smallest absolute Gasteiger partial charge is 0.0713 e. The molecule has 0 aromatic heterocycles. The molecule has 0 atom stereocenters. The van der Waals surface area contributed by atoms with Gasteiger partial charge in [-0.15, -0.1) is 0 Å². The third-order valence-corrected chi connectivity index (χ3v) is 1.74. The maximum Gasteiger partial charge on any atom is 0.0713 e. The monoisotopic (exact) mass is 150 g/mol. The van der Waals surface area contributed by atoms with E-state index >= 15 is 0 Å². The zero-order valence-electron chi connectivity index (χ0n) is 6.97. The molecule has 0 bridgehead atoms. The van der Waals surface area contributed by atoms with E-state index in [1.54, 1.807) is 0 Å². The van der Waals surface area contributed by atoms with Crippen molar-refractivity contribution in [2.75, 3.05) is 13.2 Å². The summed E-state index contributed by atoms with van der Waals surface area (Å²) in [5.74, 6) is 0. The molecular weight excluding hydrogens is 136 g/mol. The highest BCUT2D eigenvalue weighted by Crippen LogP contribution is 2.17. The highest BCUT2D eigenvalue weighted by molar-refractivity contribution is 5.33. The van der Waals surface area contributed by atoms with Crippen LogP contribution in [-0.2, 0) is 4.74 Å². The molecule has 0 N–H and O–H groups in total. The molecule has 0 amide bonds. The molecule has 1 nitrogen and oxygen atoms in total. The molecule has 0 radical (unpaired) electrons. The first-order valence-electron chi connectivity index (χ1n) is 3.92. The van der Waals surface area contributed by atoms with E-state index in [0.29, 0.717) is 6.61 Å². The van der Waals surface area contributed by atoms with Crippen LogP contribution in [0.1, 0.15) is 13.3 Å². The third kappa shape index (κ3) is 2.35. The van der Waals surface area contributed by atoms with Crippen LogP contribution in [0.2, 0.25) is 0 Å². The lowest BCUT2D eigenvalue weighted by Crippen LogP contribution is -2.09. The standard InChI is InChI=1S/C10H14O/c1-3-4-5-10-6-7-11-8-9(10)2/h3-5H,2,6-8H2,1H3/b4-3-,10-5-. The summed E-state index contributed by atoms with van der Waals surface area (Å²) < 4.78 is 5.23. The van der Waals surface area contributed by atoms with Crippen molar-refractivity contribution in [3.8, 4) is 0 Å². The fraction of sp³-hybridized carbons (Fsp3) is 0.400. The van der Waals surface area contributed by atoms with E-state index in [0.717, 1.165) is 18.6 Å². The van der Waals surface area contributed by atoms with Gasteiger partial charge in [0, 0.05) is 0 Å². The fourth-order valence-corrected chi connectivity index (χ4v) is 1.06. The molecule has 11 heavy (non-hydrogen) atoms. The Morgan fingerprint density at radius 1 is 1.55 bits per heavy atom. The second-order valence-corrected chi connectivity index (χ2v) is 2.62. The van der Waals surface area contributed by atoms with Gasteiger partial charge in [-0.05, 0) is 24.5 Å². The molecule has 1 saturated heterocycles. The second-order valence-electron chi connectivity index (χ2n) is 2.62. The Hall–Kier alpha value is -0.820. The summed E-state index contributed by atoms with van der Waals surface area (Å²) in [4.78, 5) is 0. The van der Waals surface area contributed by atoms with E-state index < -0.39 is 0 Å². The molecule has 1 fully saturated rings. The van der Waals surface area contributed by atoms with Gasteiger partial charge < -0.3 is 4.74 Å². The van der Waals surface area contributed by atoms with Crippen LogP contribution in [0, 0.1) is 0 Å². The average molecular weight is 150 g/mol. The summed E-state index contributed by atoms with van der Waals surface area (Å²) in [6.07, 6.45) is 7.19. The predicted molar refractivity (Wildman–Crippen MR) is 47.5 cm³/mol. The molecule has 0 unspecified atom stereocenters. The average Bonchev–Trinajstić information content (AvgIpc) is 2.03. The summed E-state index contributed by atoms with van der Waals surface area (Å²) in [5.41, 5.74) is 2.45. The molecule has 1 aliphatic rings. The van der Waals surface area contributed by atoms with Crippen LogP contribution in [0.25, 0.3) is 0 Å². The van der Waals surface area contributed by atoms with Gasteiger partial charge in [0.05, 0.1) is 13.2 Å². The molecule has 1 rings (SSSR count). The summed E-state index contributed by atoms with van der Waals surface area (Å²) in [5, 5.41) is 0. The van der Waals surface area contributed by atoms with Crippen molar-refractivity contribution in [2.24, 2.45) is 0 Å². The van der Waals surface area contributed by atoms with Gasteiger partial charge in [0.1, 0.15) is 0 Å². The first-order valence-corrected chi connectivity index (χ1v) is 3.92. The van der Waals surface area contributed by atoms with Gasteiger partial charge >= 0.3 is 0 Å². The highest BCUT2D eigenvalue weighted by Gasteiger charge is 2.07. The molecule has 0 spiro atoms. The van der Waals surface area contributed by atoms with Gasteiger partial charge in [-0.1, -0.05) is 24.8 Å². The van der Waals surface area contributed by atoms with Gasteiger partial charge in [0.15, 0.2) is 0 Å². The zero-order chi connectivity index (χ0) is 8.10. The topological polar surface area (TPSA) is 9.23 Å². The van der Waals surface area contributed by atoms with Crippen molar-refractivity contribution in [1.82, 2.24) is 0 Å². The van der Waals surface area contributed by atoms with E-state index in [9.17, 15) is 0 Å². The Morgan fingerprint density at radius 2 is 2.36 bits per heavy atom. The lowest BCUT2D eigenvalue weighted by molar-refractivity contribution is 0.146. The third-order valence-electron chi connectivity index (χ3n) is 1.74. The van der Waals surface area contributed by atoms with Gasteiger partial charge in [-0.25, -0.2) is 0 Å². The minimum absolute atomic E-state index is 0.698. The van der Waals surface area contributed by atoms with E-state index in [1.165, 1.54) is 5.57 Å². The second kappa shape index (κ2) is 4.14. The minimum Gasteiger partial charge on any atom is -0.376 e. The van der Waals surface area contributed by atoms with E-state index in [2.05, 4.69) is 12.7 Å². The summed E-state index contributed by atoms with van der Waals surface area (Å²) in [7, 11) is 0. The zero-order valence-corrected chi connectivity index (χ0v) is 6.97. The molecule has 0 aliphatic carbocycles. The number of hydrogen-bond acceptors (Lipinski definition) is 1. The molecular formula is C10H14O. The van der Waals surface area contributed by atoms with Crippen molar-refractivity contribution in [1.29, 1.82) is 0 Å². The fourth-order valence-electron chi connectivity index (χ4n) is 1.06. The Balaban J connectivity index is 2.61. The van der Waals surface area contributed by atoms with Gasteiger partial charge in [-0.3, -0.25) is 0 Å². The molecule has 1 heterocycles. The van der Waals surface area contributed by atoms with E-state index in [4.69, 9.17) is 4.74 Å². The lowest BCUT2D eigenvalue weighted by Gasteiger charge is -2.16. The van der Waals surface area contributed by atoms with Crippen LogP contribution >= 0.6 is 0 Å². The molecule has 1 heteroatoms. The van der Waals surface area contributed by atoms with Crippen molar-refractivity contribution in [3.63, 3.8) is 0 Å². The maximum atomic E-state index is 5.23. The van der Waals surface area contributed by atoms with Crippen molar-refractivity contribution >= 4 is 0 Å². The molecule has 60 valence electrons. The Kier molecular flexibility index (Phi) is 3.12. The number of hydrogen-bond donors (Lipinski definition) is 0. The largest absolute Gasteiger partial charge is 0.376 e. The first-order chi connectivity index (χ1) is 5.34. The number of allylic oxidation sites excluding steroid dienone is 3. The quantitative estimate of drug-likeness (QED) is 0.558. The van der Waals surface area contributed by atoms with Gasteiger partial charge in [-0.2, -0.15) is 0 Å². The van der Waals surface area contributed by atoms with Crippen LogP contribution in [0.15, 0.2) is 36.0 Å². The van der Waals surface area contributed by atoms with Crippen LogP contribution < -0.4 is 0 Å². The van der Waals surface area contributed by atoms with Crippen molar-refractivity contribution in [3.05, 3.63) is 36.0 Å². The molecule has 0 aromatic rings. The van der Waals surface area contributed by atoms with Crippen LogP contribution in [0.4, 0.5) is 0 Å². The highest BCUT2D eigenvalue weighted by atomic mass is 16.5. The van der Waals surface area contributed by atoms with Crippen LogP contribution in [0.3, 0.4) is 0 Å². The van der Waals surface area contributed by atoms with Gasteiger partial charge in [0.25, 0.3) is 0 Å². The molecule has 0 saturated carbocycles. The normalized spacial score (nSPS) is 23.4. The summed E-state index contributed by atoms with van der Waals surface area (Å²) >= 11 is 0. The Labute approximate surface area is 68.1 Å². The summed E-state index contributed by atoms with van der Waals surface area (Å²) in [6, 6.07) is 0. The van der Waals surface area contributed by atoms with E-state index in [1.807, 2.05) is 19.1 Å². The SMILES string of the molecule is C=C1COCC/C1=C/C=C\C. The Morgan fingerprint density at radius 3 is 3.00 bits per heavy atom. The predicted octanol–water partition coefficient (Wildman–Crippen LogP) is 2.47. The number of ether oxygens (including phenoxy) is 1. The maximum absolute atomic E-state index is 5.23. The van der Waals surface area contributed by atoms with Gasteiger partial charge in [0.2, 0.25) is 0 Å². The number of rotatable bonds is 1. The Bertz CT molecular complexity index is 199.